The summed E-state index contributed by atoms with van der Waals surface area (Å²) in [6, 6.07) is 4.36. The molecule has 2 rings (SSSR count). The van der Waals surface area contributed by atoms with Gasteiger partial charge in [-0.25, -0.2) is 13.2 Å². The van der Waals surface area contributed by atoms with E-state index in [2.05, 4.69) is 4.74 Å². The van der Waals surface area contributed by atoms with Gasteiger partial charge in [-0.3, -0.25) is 0 Å². The van der Waals surface area contributed by atoms with Crippen LogP contribution in [0, 0.1) is 0 Å². The minimum absolute atomic E-state index is 0.0853. The number of anilines is 1. The summed E-state index contributed by atoms with van der Waals surface area (Å²) < 4.78 is 28.2. The Labute approximate surface area is 92.4 Å². The average Bonchev–Trinajstić information content (AvgIpc) is 2.49. The van der Waals surface area contributed by atoms with Gasteiger partial charge in [0, 0.05) is 5.69 Å². The first-order valence-electron chi connectivity index (χ1n) is 4.41. The molecule has 1 aromatic rings. The third-order valence-corrected chi connectivity index (χ3v) is 4.10. The van der Waals surface area contributed by atoms with Gasteiger partial charge >= 0.3 is 5.97 Å². The number of carbonyl (C=O) groups is 1. The summed E-state index contributed by atoms with van der Waals surface area (Å²) >= 11 is 0. The van der Waals surface area contributed by atoms with Crippen LogP contribution in [0.2, 0.25) is 0 Å². The van der Waals surface area contributed by atoms with Crippen molar-refractivity contribution in [1.29, 1.82) is 0 Å². The van der Waals surface area contributed by atoms with E-state index < -0.39 is 15.8 Å². The lowest BCUT2D eigenvalue weighted by Crippen LogP contribution is -2.11. The lowest BCUT2D eigenvalue weighted by molar-refractivity contribution is -0.135. The van der Waals surface area contributed by atoms with Crippen LogP contribution in [0.4, 0.5) is 5.69 Å². The number of benzene rings is 1. The number of rotatable bonds is 1. The predicted molar refractivity (Wildman–Crippen MR) is 58.0 cm³/mol. The van der Waals surface area contributed by atoms with E-state index in [0.717, 1.165) is 7.11 Å². The second kappa shape index (κ2) is 3.34. The van der Waals surface area contributed by atoms with Crippen molar-refractivity contribution in [1.82, 2.24) is 0 Å². The quantitative estimate of drug-likeness (QED) is 0.572. The molecule has 0 radical (unpaired) electrons. The molecule has 84 valence electrons. The molecule has 1 heterocycles. The van der Waals surface area contributed by atoms with Crippen molar-refractivity contribution < 1.29 is 17.9 Å². The van der Waals surface area contributed by atoms with Gasteiger partial charge in [0.15, 0.2) is 4.91 Å². The van der Waals surface area contributed by atoms with Crippen molar-refractivity contribution in [2.45, 2.75) is 4.90 Å². The Morgan fingerprint density at radius 3 is 2.69 bits per heavy atom. The van der Waals surface area contributed by atoms with Gasteiger partial charge in [0.2, 0.25) is 9.84 Å². The summed E-state index contributed by atoms with van der Waals surface area (Å²) in [5.41, 5.74) is 6.39. The number of ether oxygens (including phenoxy) is 1. The molecule has 0 spiro atoms. The smallest absolute Gasteiger partial charge is 0.349 e. The summed E-state index contributed by atoms with van der Waals surface area (Å²) in [6.07, 6.45) is 1.27. The zero-order valence-electron chi connectivity index (χ0n) is 8.43. The zero-order chi connectivity index (χ0) is 11.9. The number of esters is 1. The third-order valence-electron chi connectivity index (χ3n) is 2.29. The standard InChI is InChI=1S/C10H9NO4S/c1-15-10(12)9-5-6-4-7(11)2-3-8(6)16(9,13)14/h2-5H,11H2,1H3. The SMILES string of the molecule is COC(=O)C1=Cc2cc(N)ccc2S1(=O)=O. The van der Waals surface area contributed by atoms with E-state index in [0.29, 0.717) is 11.3 Å². The van der Waals surface area contributed by atoms with Crippen LogP contribution in [-0.2, 0) is 19.4 Å². The van der Waals surface area contributed by atoms with Gasteiger partial charge in [0.25, 0.3) is 0 Å². The van der Waals surface area contributed by atoms with E-state index >= 15 is 0 Å². The van der Waals surface area contributed by atoms with Crippen molar-refractivity contribution in [2.24, 2.45) is 0 Å². The van der Waals surface area contributed by atoms with Crippen LogP contribution in [0.3, 0.4) is 0 Å². The highest BCUT2D eigenvalue weighted by atomic mass is 32.2. The average molecular weight is 239 g/mol. The number of nitrogens with two attached hydrogens (primary N) is 1. The maximum atomic E-state index is 11.9. The first kappa shape index (κ1) is 10.7. The number of sulfone groups is 1. The second-order valence-corrected chi connectivity index (χ2v) is 5.19. The maximum Gasteiger partial charge on any atom is 0.349 e. The number of nitrogen functional groups attached to an aromatic ring is 1. The Hall–Kier alpha value is -1.82. The molecule has 1 aliphatic rings. The molecule has 0 bridgehead atoms. The molecule has 0 aromatic heterocycles. The van der Waals surface area contributed by atoms with Crippen LogP contribution in [0.15, 0.2) is 28.0 Å². The number of carbonyl (C=O) groups excluding carboxylic acids is 1. The van der Waals surface area contributed by atoms with E-state index in [9.17, 15) is 13.2 Å². The first-order chi connectivity index (χ1) is 7.46. The lowest BCUT2D eigenvalue weighted by atomic mass is 10.2. The third kappa shape index (κ3) is 1.38. The van der Waals surface area contributed by atoms with Gasteiger partial charge in [-0.15, -0.1) is 0 Å². The molecule has 0 amide bonds. The van der Waals surface area contributed by atoms with Gasteiger partial charge in [-0.2, -0.15) is 0 Å². The van der Waals surface area contributed by atoms with Crippen LogP contribution < -0.4 is 5.73 Å². The first-order valence-corrected chi connectivity index (χ1v) is 5.90. The zero-order valence-corrected chi connectivity index (χ0v) is 9.24. The highest BCUT2D eigenvalue weighted by molar-refractivity contribution is 7.96. The summed E-state index contributed by atoms with van der Waals surface area (Å²) in [6.45, 7) is 0. The number of hydrogen-bond donors (Lipinski definition) is 1. The molecular weight excluding hydrogens is 230 g/mol. The molecule has 0 atom stereocenters. The Balaban J connectivity index is 2.66. The van der Waals surface area contributed by atoms with E-state index in [-0.39, 0.29) is 9.80 Å². The molecule has 0 unspecified atom stereocenters. The highest BCUT2D eigenvalue weighted by Crippen LogP contribution is 2.34. The molecule has 0 fully saturated rings. The summed E-state index contributed by atoms with van der Waals surface area (Å²) in [7, 11) is -2.61. The normalized spacial score (nSPS) is 16.4. The molecule has 0 saturated heterocycles. The van der Waals surface area contributed by atoms with Gasteiger partial charge < -0.3 is 10.5 Å². The summed E-state index contributed by atoms with van der Waals surface area (Å²) in [5.74, 6) is -0.866. The van der Waals surface area contributed by atoms with Crippen LogP contribution in [0.5, 0.6) is 0 Å². The second-order valence-electron chi connectivity index (χ2n) is 3.30. The minimum Gasteiger partial charge on any atom is -0.465 e. The van der Waals surface area contributed by atoms with Gasteiger partial charge in [-0.1, -0.05) is 0 Å². The highest BCUT2D eigenvalue weighted by Gasteiger charge is 2.34. The fraction of sp³-hybridized carbons (Fsp3) is 0.100. The summed E-state index contributed by atoms with van der Waals surface area (Å²) in [4.78, 5) is 11.0. The molecule has 2 N–H and O–H groups in total. The number of hydrogen-bond acceptors (Lipinski definition) is 5. The van der Waals surface area contributed by atoms with Crippen molar-refractivity contribution in [3.8, 4) is 0 Å². The van der Waals surface area contributed by atoms with Gasteiger partial charge in [-0.05, 0) is 29.8 Å². The Bertz CT molecular complexity index is 601. The Morgan fingerprint density at radius 2 is 2.06 bits per heavy atom. The maximum absolute atomic E-state index is 11.9. The molecule has 0 aliphatic carbocycles. The van der Waals surface area contributed by atoms with Crippen LogP contribution in [0.25, 0.3) is 6.08 Å². The van der Waals surface area contributed by atoms with Crippen LogP contribution >= 0.6 is 0 Å². The van der Waals surface area contributed by atoms with Crippen LogP contribution in [0.1, 0.15) is 5.56 Å². The fourth-order valence-corrected chi connectivity index (χ4v) is 3.03. The Kier molecular flexibility index (Phi) is 2.23. The molecule has 5 nitrogen and oxygen atoms in total. The van der Waals surface area contributed by atoms with Crippen molar-refractivity contribution in [2.75, 3.05) is 12.8 Å². The molecule has 16 heavy (non-hydrogen) atoms. The van der Waals surface area contributed by atoms with E-state index in [1.54, 1.807) is 0 Å². The molecule has 1 aliphatic heterocycles. The largest absolute Gasteiger partial charge is 0.465 e. The van der Waals surface area contributed by atoms with E-state index in [4.69, 9.17) is 5.73 Å². The number of fused-ring (bicyclic) bond motifs is 1. The van der Waals surface area contributed by atoms with Crippen LogP contribution in [-0.4, -0.2) is 21.5 Å². The molecular formula is C10H9NO4S. The molecule has 1 aromatic carbocycles. The molecule has 6 heteroatoms. The van der Waals surface area contributed by atoms with Crippen molar-refractivity contribution in [3.63, 3.8) is 0 Å². The predicted octanol–water partition coefficient (Wildman–Crippen LogP) is 0.570. The summed E-state index contributed by atoms with van der Waals surface area (Å²) in [5, 5.41) is 0. The molecule has 0 saturated carbocycles. The van der Waals surface area contributed by atoms with Crippen molar-refractivity contribution in [3.05, 3.63) is 28.7 Å². The van der Waals surface area contributed by atoms with Gasteiger partial charge in [0.1, 0.15) is 0 Å². The monoisotopic (exact) mass is 239 g/mol. The van der Waals surface area contributed by atoms with Crippen molar-refractivity contribution >= 4 is 27.6 Å². The van der Waals surface area contributed by atoms with Gasteiger partial charge in [0.05, 0.1) is 12.0 Å². The van der Waals surface area contributed by atoms with E-state index in [1.807, 2.05) is 0 Å². The number of methoxy groups -OCH3 is 1. The minimum atomic E-state index is -3.74. The van der Waals surface area contributed by atoms with E-state index in [1.165, 1.54) is 24.3 Å². The lowest BCUT2D eigenvalue weighted by Gasteiger charge is -2.01. The fourth-order valence-electron chi connectivity index (χ4n) is 1.53. The Morgan fingerprint density at radius 1 is 1.38 bits per heavy atom. The topological polar surface area (TPSA) is 86.5 Å².